The molecule has 0 fully saturated rings. The first-order valence-corrected chi connectivity index (χ1v) is 9.57. The molecule has 3 aromatic rings. The van der Waals surface area contributed by atoms with Crippen molar-refractivity contribution in [1.82, 2.24) is 4.98 Å². The van der Waals surface area contributed by atoms with E-state index in [1.165, 1.54) is 6.07 Å². The van der Waals surface area contributed by atoms with Crippen LogP contribution in [0.15, 0.2) is 24.4 Å². The number of aromatic amines is 1. The van der Waals surface area contributed by atoms with Gasteiger partial charge in [-0.25, -0.2) is 4.39 Å². The molecule has 0 spiro atoms. The van der Waals surface area contributed by atoms with E-state index < -0.39 is 11.6 Å². The van der Waals surface area contributed by atoms with Crippen LogP contribution in [0, 0.1) is 19.7 Å². The first-order valence-electron chi connectivity index (χ1n) is 9.19. The molecule has 0 radical (unpaired) electrons. The quantitative estimate of drug-likeness (QED) is 0.486. The number of halogens is 2. The summed E-state index contributed by atoms with van der Waals surface area (Å²) < 4.78 is 14.3. The van der Waals surface area contributed by atoms with Gasteiger partial charge in [0.15, 0.2) is 0 Å². The fraction of sp³-hybridized carbons (Fsp3) is 0.364. The summed E-state index contributed by atoms with van der Waals surface area (Å²) in [5.74, 6) is -0.366. The van der Waals surface area contributed by atoms with Crippen LogP contribution in [0.25, 0.3) is 22.0 Å². The highest BCUT2D eigenvalue weighted by Crippen LogP contribution is 2.48. The Balaban J connectivity index is 2.01. The Labute approximate surface area is 163 Å². The van der Waals surface area contributed by atoms with Gasteiger partial charge in [0.05, 0.1) is 22.2 Å². The van der Waals surface area contributed by atoms with Crippen LogP contribution in [0.5, 0.6) is 0 Å². The lowest BCUT2D eigenvalue weighted by molar-refractivity contribution is 0.0869. The summed E-state index contributed by atoms with van der Waals surface area (Å²) in [6.45, 7) is 9.90. The molecule has 0 aliphatic carbocycles. The maximum atomic E-state index is 14.3. The zero-order chi connectivity index (χ0) is 19.7. The third-order valence-corrected chi connectivity index (χ3v) is 6.29. The molecular formula is C22H24ClFN2O. The smallest absolute Gasteiger partial charge is 0.132 e. The zero-order valence-electron chi connectivity index (χ0n) is 16.2. The number of aromatic nitrogens is 1. The number of rotatable bonds is 1. The van der Waals surface area contributed by atoms with Gasteiger partial charge in [0.25, 0.3) is 0 Å². The summed E-state index contributed by atoms with van der Waals surface area (Å²) in [5, 5.41) is 15.4. The van der Waals surface area contributed by atoms with Crippen LogP contribution < -0.4 is 5.32 Å². The summed E-state index contributed by atoms with van der Waals surface area (Å²) in [5.41, 5.74) is 5.82. The van der Waals surface area contributed by atoms with E-state index >= 15 is 0 Å². The molecule has 0 saturated carbocycles. The molecule has 0 bridgehead atoms. The zero-order valence-corrected chi connectivity index (χ0v) is 16.9. The predicted octanol–water partition coefficient (Wildman–Crippen LogP) is 5.91. The lowest BCUT2D eigenvalue weighted by atomic mass is 9.77. The number of aliphatic hydroxyl groups excluding tert-OH is 1. The minimum Gasteiger partial charge on any atom is -0.390 e. The summed E-state index contributed by atoms with van der Waals surface area (Å²) >= 11 is 6.87. The van der Waals surface area contributed by atoms with Crippen molar-refractivity contribution in [2.24, 2.45) is 0 Å². The molecule has 2 heterocycles. The van der Waals surface area contributed by atoms with Crippen LogP contribution >= 0.6 is 11.6 Å². The minimum atomic E-state index is -0.571. The van der Waals surface area contributed by atoms with Crippen LogP contribution in [-0.4, -0.2) is 21.7 Å². The van der Waals surface area contributed by atoms with Crippen molar-refractivity contribution >= 4 is 28.2 Å². The van der Waals surface area contributed by atoms with E-state index in [4.69, 9.17) is 11.6 Å². The molecule has 27 heavy (non-hydrogen) atoms. The van der Waals surface area contributed by atoms with Crippen molar-refractivity contribution in [2.45, 2.75) is 52.2 Å². The second kappa shape index (κ2) is 5.98. The Bertz CT molecular complexity index is 1070. The topological polar surface area (TPSA) is 48.0 Å². The summed E-state index contributed by atoms with van der Waals surface area (Å²) in [6, 6.07) is 5.29. The number of hydrogen-bond donors (Lipinski definition) is 3. The SMILES string of the molecule is Cc1cc(-c2ccc(F)c3c(C)c[nH]c23)c(Cl)c2c1NC(C)(C)[C@H](O)[C@H]2C. The fourth-order valence-electron chi connectivity index (χ4n) is 4.38. The molecule has 1 aliphatic rings. The average molecular weight is 387 g/mol. The number of hydrogen-bond acceptors (Lipinski definition) is 2. The summed E-state index contributed by atoms with van der Waals surface area (Å²) in [4.78, 5) is 3.19. The molecule has 5 heteroatoms. The highest BCUT2D eigenvalue weighted by atomic mass is 35.5. The van der Waals surface area contributed by atoms with Crippen LogP contribution in [0.3, 0.4) is 0 Å². The van der Waals surface area contributed by atoms with E-state index in [0.29, 0.717) is 10.4 Å². The Hall–Kier alpha value is -2.04. The second-order valence-corrected chi connectivity index (χ2v) is 8.62. The Kier molecular flexibility index (Phi) is 4.06. The Morgan fingerprint density at radius 2 is 1.85 bits per heavy atom. The van der Waals surface area contributed by atoms with Gasteiger partial charge >= 0.3 is 0 Å². The van der Waals surface area contributed by atoms with Crippen molar-refractivity contribution in [3.05, 3.63) is 51.9 Å². The number of benzene rings is 2. The first-order chi connectivity index (χ1) is 12.6. The van der Waals surface area contributed by atoms with E-state index in [1.54, 1.807) is 6.07 Å². The summed E-state index contributed by atoms with van der Waals surface area (Å²) in [7, 11) is 0. The number of fused-ring (bicyclic) bond motifs is 2. The van der Waals surface area contributed by atoms with Gasteiger partial charge in [-0.2, -0.15) is 0 Å². The number of aryl methyl sites for hydroxylation is 2. The van der Waals surface area contributed by atoms with Gasteiger partial charge in [-0.3, -0.25) is 0 Å². The van der Waals surface area contributed by atoms with Crippen molar-refractivity contribution < 1.29 is 9.50 Å². The molecule has 2 atom stereocenters. The monoisotopic (exact) mass is 386 g/mol. The highest BCUT2D eigenvalue weighted by Gasteiger charge is 2.40. The fourth-order valence-corrected chi connectivity index (χ4v) is 4.80. The van der Waals surface area contributed by atoms with E-state index in [9.17, 15) is 9.50 Å². The number of nitrogens with one attached hydrogen (secondary N) is 2. The van der Waals surface area contributed by atoms with Gasteiger partial charge in [0, 0.05) is 39.9 Å². The van der Waals surface area contributed by atoms with Crippen LogP contribution in [-0.2, 0) is 0 Å². The highest BCUT2D eigenvalue weighted by molar-refractivity contribution is 6.35. The van der Waals surface area contributed by atoms with Gasteiger partial charge in [-0.05, 0) is 57.0 Å². The van der Waals surface area contributed by atoms with E-state index in [2.05, 4.69) is 10.3 Å². The lowest BCUT2D eigenvalue weighted by Crippen LogP contribution is -2.50. The normalized spacial score (nSPS) is 21.2. The number of H-pyrrole nitrogens is 1. The maximum absolute atomic E-state index is 14.3. The largest absolute Gasteiger partial charge is 0.390 e. The molecule has 3 nitrogen and oxygen atoms in total. The lowest BCUT2D eigenvalue weighted by Gasteiger charge is -2.43. The van der Waals surface area contributed by atoms with Gasteiger partial charge < -0.3 is 15.4 Å². The van der Waals surface area contributed by atoms with Gasteiger partial charge in [-0.1, -0.05) is 18.5 Å². The van der Waals surface area contributed by atoms with Crippen molar-refractivity contribution in [3.63, 3.8) is 0 Å². The standard InChI is InChI=1S/C22H24ClFN2O/c1-10-8-14(13-6-7-15(24)16-11(2)9-25-20(13)16)18(23)17-12(3)21(27)22(4,5)26-19(10)17/h6-9,12,21,25-27H,1-5H3/t12-,21+/m0/s1. The predicted molar refractivity (Wildman–Crippen MR) is 110 cm³/mol. The van der Waals surface area contributed by atoms with E-state index in [-0.39, 0.29) is 11.7 Å². The molecule has 1 aliphatic heterocycles. The molecular weight excluding hydrogens is 363 g/mol. The molecule has 0 unspecified atom stereocenters. The third kappa shape index (κ3) is 2.58. The van der Waals surface area contributed by atoms with Crippen molar-refractivity contribution in [2.75, 3.05) is 5.32 Å². The average Bonchev–Trinajstić information content (AvgIpc) is 2.99. The van der Waals surface area contributed by atoms with E-state index in [1.807, 2.05) is 46.9 Å². The number of aliphatic hydroxyl groups is 1. The van der Waals surface area contributed by atoms with E-state index in [0.717, 1.165) is 39.0 Å². The Morgan fingerprint density at radius 3 is 2.56 bits per heavy atom. The van der Waals surface area contributed by atoms with Crippen molar-refractivity contribution in [3.8, 4) is 11.1 Å². The molecule has 0 saturated heterocycles. The maximum Gasteiger partial charge on any atom is 0.132 e. The van der Waals surface area contributed by atoms with Gasteiger partial charge in [-0.15, -0.1) is 0 Å². The van der Waals surface area contributed by atoms with Gasteiger partial charge in [0.2, 0.25) is 0 Å². The Morgan fingerprint density at radius 1 is 1.15 bits per heavy atom. The third-order valence-electron chi connectivity index (χ3n) is 5.89. The molecule has 142 valence electrons. The number of anilines is 1. The molecule has 0 amide bonds. The molecule has 2 aromatic carbocycles. The van der Waals surface area contributed by atoms with Crippen molar-refractivity contribution in [1.29, 1.82) is 0 Å². The van der Waals surface area contributed by atoms with Gasteiger partial charge in [0.1, 0.15) is 5.82 Å². The molecule has 4 rings (SSSR count). The molecule has 3 N–H and O–H groups in total. The van der Waals surface area contributed by atoms with Crippen LogP contribution in [0.4, 0.5) is 10.1 Å². The minimum absolute atomic E-state index is 0.122. The first kappa shape index (κ1) is 18.3. The van der Waals surface area contributed by atoms with Crippen LogP contribution in [0.1, 0.15) is 43.4 Å². The summed E-state index contributed by atoms with van der Waals surface area (Å²) in [6.07, 6.45) is 1.24. The molecule has 1 aromatic heterocycles. The second-order valence-electron chi connectivity index (χ2n) is 8.24. The van der Waals surface area contributed by atoms with Crippen LogP contribution in [0.2, 0.25) is 5.02 Å².